The normalized spacial score (nSPS) is 12.6. The van der Waals surface area contributed by atoms with E-state index in [9.17, 15) is 0 Å². The van der Waals surface area contributed by atoms with Crippen LogP contribution in [0.3, 0.4) is 0 Å². The zero-order valence-electron chi connectivity index (χ0n) is 7.88. The second-order valence-corrected chi connectivity index (χ2v) is 4.00. The molecule has 0 fully saturated rings. The molecule has 0 aliphatic rings. The van der Waals surface area contributed by atoms with Crippen LogP contribution in [0.15, 0.2) is 22.7 Å². The molecule has 0 amide bonds. The molecule has 72 valence electrons. The number of hydrogen-bond donors (Lipinski definition) is 1. The molecule has 1 aromatic rings. The first-order valence-corrected chi connectivity index (χ1v) is 5.00. The highest BCUT2D eigenvalue weighted by molar-refractivity contribution is 9.10. The van der Waals surface area contributed by atoms with E-state index in [1.807, 2.05) is 25.1 Å². The van der Waals surface area contributed by atoms with E-state index < -0.39 is 0 Å². The second-order valence-electron chi connectivity index (χ2n) is 3.15. The largest absolute Gasteiger partial charge is 0.496 e. The van der Waals surface area contributed by atoms with Crippen LogP contribution < -0.4 is 10.5 Å². The molecular weight excluding hydrogens is 230 g/mol. The Labute approximate surface area is 87.2 Å². The van der Waals surface area contributed by atoms with Gasteiger partial charge in [-0.15, -0.1) is 0 Å². The maximum absolute atomic E-state index is 5.70. The Morgan fingerprint density at radius 2 is 2.23 bits per heavy atom. The summed E-state index contributed by atoms with van der Waals surface area (Å²) in [5.41, 5.74) is 6.92. The Bertz CT molecular complexity index is 286. The number of benzene rings is 1. The molecule has 0 spiro atoms. The Morgan fingerprint density at radius 3 is 2.69 bits per heavy atom. The van der Waals surface area contributed by atoms with Crippen molar-refractivity contribution in [3.05, 3.63) is 28.2 Å². The molecule has 0 aromatic heterocycles. The Balaban J connectivity index is 2.83. The van der Waals surface area contributed by atoms with Gasteiger partial charge in [-0.2, -0.15) is 0 Å². The van der Waals surface area contributed by atoms with Gasteiger partial charge in [0.25, 0.3) is 0 Å². The van der Waals surface area contributed by atoms with Gasteiger partial charge in [0.2, 0.25) is 0 Å². The van der Waals surface area contributed by atoms with Gasteiger partial charge in [0, 0.05) is 6.04 Å². The summed E-state index contributed by atoms with van der Waals surface area (Å²) in [5, 5.41) is 0. The van der Waals surface area contributed by atoms with Crippen LogP contribution in [0.4, 0.5) is 0 Å². The van der Waals surface area contributed by atoms with E-state index >= 15 is 0 Å². The smallest absolute Gasteiger partial charge is 0.133 e. The Morgan fingerprint density at radius 1 is 1.54 bits per heavy atom. The summed E-state index contributed by atoms with van der Waals surface area (Å²) in [7, 11) is 1.66. The summed E-state index contributed by atoms with van der Waals surface area (Å²) >= 11 is 3.43. The van der Waals surface area contributed by atoms with E-state index in [2.05, 4.69) is 15.9 Å². The standard InChI is InChI=1S/C10H14BrNO/c1-7(12)5-8-3-4-10(13-2)9(11)6-8/h3-4,6-7H,5,12H2,1-2H3. The number of ether oxygens (including phenoxy) is 1. The first kappa shape index (κ1) is 10.5. The predicted octanol–water partition coefficient (Wildman–Crippen LogP) is 2.35. The lowest BCUT2D eigenvalue weighted by atomic mass is 10.1. The molecule has 0 aliphatic carbocycles. The SMILES string of the molecule is COc1ccc(CC(C)N)cc1Br. The quantitative estimate of drug-likeness (QED) is 0.885. The van der Waals surface area contributed by atoms with E-state index in [1.54, 1.807) is 7.11 Å². The van der Waals surface area contributed by atoms with E-state index in [1.165, 1.54) is 5.56 Å². The summed E-state index contributed by atoms with van der Waals surface area (Å²) in [4.78, 5) is 0. The third kappa shape index (κ3) is 3.01. The molecule has 1 unspecified atom stereocenters. The van der Waals surface area contributed by atoms with Gasteiger partial charge in [0.15, 0.2) is 0 Å². The maximum atomic E-state index is 5.70. The molecular formula is C10H14BrNO. The Kier molecular flexibility index (Phi) is 3.75. The molecule has 1 rings (SSSR count). The van der Waals surface area contributed by atoms with Gasteiger partial charge in [0.1, 0.15) is 5.75 Å². The lowest BCUT2D eigenvalue weighted by Gasteiger charge is -2.08. The van der Waals surface area contributed by atoms with Gasteiger partial charge in [0.05, 0.1) is 11.6 Å². The number of rotatable bonds is 3. The minimum atomic E-state index is 0.195. The molecule has 0 heterocycles. The van der Waals surface area contributed by atoms with Crippen LogP contribution in [0, 0.1) is 0 Å². The second kappa shape index (κ2) is 4.63. The first-order chi connectivity index (χ1) is 6.13. The van der Waals surface area contributed by atoms with Crippen LogP contribution in [0.2, 0.25) is 0 Å². The zero-order valence-corrected chi connectivity index (χ0v) is 9.47. The summed E-state index contributed by atoms with van der Waals surface area (Å²) in [6.07, 6.45) is 0.891. The van der Waals surface area contributed by atoms with E-state index in [0.717, 1.165) is 16.6 Å². The third-order valence-corrected chi connectivity index (χ3v) is 2.39. The van der Waals surface area contributed by atoms with Crippen molar-refractivity contribution < 1.29 is 4.74 Å². The number of nitrogens with two attached hydrogens (primary N) is 1. The fraction of sp³-hybridized carbons (Fsp3) is 0.400. The van der Waals surface area contributed by atoms with Crippen molar-refractivity contribution in [3.63, 3.8) is 0 Å². The van der Waals surface area contributed by atoms with Crippen molar-refractivity contribution in [1.29, 1.82) is 0 Å². The van der Waals surface area contributed by atoms with E-state index in [-0.39, 0.29) is 6.04 Å². The summed E-state index contributed by atoms with van der Waals surface area (Å²) in [6, 6.07) is 6.22. The summed E-state index contributed by atoms with van der Waals surface area (Å²) in [5.74, 6) is 0.855. The molecule has 0 aliphatic heterocycles. The van der Waals surface area contributed by atoms with Gasteiger partial charge in [-0.05, 0) is 47.0 Å². The average molecular weight is 244 g/mol. The van der Waals surface area contributed by atoms with Gasteiger partial charge in [-0.1, -0.05) is 6.07 Å². The van der Waals surface area contributed by atoms with Gasteiger partial charge < -0.3 is 10.5 Å². The van der Waals surface area contributed by atoms with Gasteiger partial charge in [-0.25, -0.2) is 0 Å². The van der Waals surface area contributed by atoms with Crippen molar-refractivity contribution >= 4 is 15.9 Å². The van der Waals surface area contributed by atoms with Crippen LogP contribution in [-0.2, 0) is 6.42 Å². The number of halogens is 1. The molecule has 3 heteroatoms. The fourth-order valence-electron chi connectivity index (χ4n) is 1.21. The van der Waals surface area contributed by atoms with Crippen molar-refractivity contribution in [2.75, 3.05) is 7.11 Å². The van der Waals surface area contributed by atoms with Crippen LogP contribution in [0.25, 0.3) is 0 Å². The van der Waals surface area contributed by atoms with Crippen molar-refractivity contribution in [1.82, 2.24) is 0 Å². The summed E-state index contributed by atoms with van der Waals surface area (Å²) < 4.78 is 6.11. The molecule has 0 saturated carbocycles. The lowest BCUT2D eigenvalue weighted by molar-refractivity contribution is 0.412. The van der Waals surface area contributed by atoms with E-state index in [4.69, 9.17) is 10.5 Å². The zero-order chi connectivity index (χ0) is 9.84. The van der Waals surface area contributed by atoms with Crippen LogP contribution in [0.5, 0.6) is 5.75 Å². The van der Waals surface area contributed by atoms with Gasteiger partial charge >= 0.3 is 0 Å². The van der Waals surface area contributed by atoms with Crippen molar-refractivity contribution in [2.24, 2.45) is 5.73 Å². The van der Waals surface area contributed by atoms with E-state index in [0.29, 0.717) is 0 Å². The lowest BCUT2D eigenvalue weighted by Crippen LogP contribution is -2.17. The third-order valence-electron chi connectivity index (χ3n) is 1.77. The van der Waals surface area contributed by atoms with Crippen LogP contribution in [0.1, 0.15) is 12.5 Å². The molecule has 2 N–H and O–H groups in total. The van der Waals surface area contributed by atoms with Gasteiger partial charge in [-0.3, -0.25) is 0 Å². The maximum Gasteiger partial charge on any atom is 0.133 e. The minimum absolute atomic E-state index is 0.195. The molecule has 13 heavy (non-hydrogen) atoms. The molecule has 1 atom stereocenters. The average Bonchev–Trinajstić information content (AvgIpc) is 2.03. The molecule has 0 bridgehead atoms. The summed E-state index contributed by atoms with van der Waals surface area (Å²) in [6.45, 7) is 2.00. The molecule has 2 nitrogen and oxygen atoms in total. The molecule has 0 saturated heterocycles. The number of methoxy groups -OCH3 is 1. The Hall–Kier alpha value is -0.540. The molecule has 0 radical (unpaired) electrons. The van der Waals surface area contributed by atoms with Crippen molar-refractivity contribution in [3.8, 4) is 5.75 Å². The van der Waals surface area contributed by atoms with Crippen molar-refractivity contribution in [2.45, 2.75) is 19.4 Å². The first-order valence-electron chi connectivity index (χ1n) is 4.21. The highest BCUT2D eigenvalue weighted by Crippen LogP contribution is 2.25. The van der Waals surface area contributed by atoms with Crippen LogP contribution >= 0.6 is 15.9 Å². The monoisotopic (exact) mass is 243 g/mol. The molecule has 1 aromatic carbocycles. The highest BCUT2D eigenvalue weighted by Gasteiger charge is 2.02. The number of hydrogen-bond acceptors (Lipinski definition) is 2. The minimum Gasteiger partial charge on any atom is -0.496 e. The highest BCUT2D eigenvalue weighted by atomic mass is 79.9. The fourth-order valence-corrected chi connectivity index (χ4v) is 1.80. The topological polar surface area (TPSA) is 35.2 Å². The predicted molar refractivity (Wildman–Crippen MR) is 58.0 cm³/mol. The van der Waals surface area contributed by atoms with Crippen LogP contribution in [-0.4, -0.2) is 13.2 Å².